The lowest BCUT2D eigenvalue weighted by molar-refractivity contribution is 0.106. The lowest BCUT2D eigenvalue weighted by Gasteiger charge is -2.38. The van der Waals surface area contributed by atoms with Crippen LogP contribution in [0.3, 0.4) is 0 Å². The zero-order valence-electron chi connectivity index (χ0n) is 8.74. The molecule has 1 aliphatic heterocycles. The molecule has 2 heterocycles. The van der Waals surface area contributed by atoms with Gasteiger partial charge in [0.05, 0.1) is 6.54 Å². The van der Waals surface area contributed by atoms with Gasteiger partial charge < -0.3 is 15.4 Å². The minimum atomic E-state index is -0.167. The molecule has 0 radical (unpaired) electrons. The van der Waals surface area contributed by atoms with Crippen molar-refractivity contribution in [3.05, 3.63) is 12.1 Å². The molecule has 0 fully saturated rings. The Morgan fingerprint density at radius 2 is 2.21 bits per heavy atom. The van der Waals surface area contributed by atoms with Gasteiger partial charge >= 0.3 is 0 Å². The van der Waals surface area contributed by atoms with Crippen LogP contribution in [0.1, 0.15) is 13.8 Å². The zero-order chi connectivity index (χ0) is 10.3. The smallest absolute Gasteiger partial charge is 0.173 e. The van der Waals surface area contributed by atoms with Gasteiger partial charge in [-0.15, -0.1) is 0 Å². The molecule has 4 heteroatoms. The molecule has 0 aliphatic carbocycles. The highest BCUT2D eigenvalue weighted by Crippen LogP contribution is 2.34. The van der Waals surface area contributed by atoms with Gasteiger partial charge in [-0.2, -0.15) is 0 Å². The topological polar surface area (TPSA) is 51.4 Å². The SMILES string of the molecule is CN1CC(C)(C)Oc2ccc(N)nc21. The van der Waals surface area contributed by atoms with Gasteiger partial charge in [0.1, 0.15) is 11.4 Å². The van der Waals surface area contributed by atoms with E-state index < -0.39 is 0 Å². The van der Waals surface area contributed by atoms with E-state index in [2.05, 4.69) is 23.7 Å². The zero-order valence-corrected chi connectivity index (χ0v) is 8.74. The first kappa shape index (κ1) is 9.12. The number of fused-ring (bicyclic) bond motifs is 1. The summed E-state index contributed by atoms with van der Waals surface area (Å²) in [6, 6.07) is 3.63. The van der Waals surface area contributed by atoms with Crippen LogP contribution in [0.5, 0.6) is 5.75 Å². The molecule has 2 N–H and O–H groups in total. The van der Waals surface area contributed by atoms with Crippen molar-refractivity contribution in [2.45, 2.75) is 19.4 Å². The summed E-state index contributed by atoms with van der Waals surface area (Å²) in [5, 5.41) is 0. The van der Waals surface area contributed by atoms with E-state index in [0.29, 0.717) is 5.82 Å². The Kier molecular flexibility index (Phi) is 1.80. The van der Waals surface area contributed by atoms with E-state index in [0.717, 1.165) is 18.1 Å². The molecule has 0 saturated carbocycles. The molecule has 0 saturated heterocycles. The maximum atomic E-state index is 5.78. The molecule has 0 bridgehead atoms. The third-order valence-corrected chi connectivity index (χ3v) is 2.23. The number of aromatic nitrogens is 1. The Hall–Kier alpha value is -1.45. The maximum Gasteiger partial charge on any atom is 0.173 e. The Morgan fingerprint density at radius 1 is 1.50 bits per heavy atom. The molecule has 0 atom stereocenters. The van der Waals surface area contributed by atoms with Crippen molar-refractivity contribution in [2.24, 2.45) is 0 Å². The van der Waals surface area contributed by atoms with Crippen molar-refractivity contribution < 1.29 is 4.74 Å². The molecule has 0 aromatic carbocycles. The van der Waals surface area contributed by atoms with Gasteiger partial charge in [0.15, 0.2) is 11.6 Å². The highest BCUT2D eigenvalue weighted by Gasteiger charge is 2.30. The largest absolute Gasteiger partial charge is 0.482 e. The predicted octanol–water partition coefficient (Wildman–Crippen LogP) is 1.27. The lowest BCUT2D eigenvalue weighted by Crippen LogP contribution is -2.45. The van der Waals surface area contributed by atoms with Crippen LogP contribution in [0.25, 0.3) is 0 Å². The van der Waals surface area contributed by atoms with E-state index in [1.54, 1.807) is 6.07 Å². The van der Waals surface area contributed by atoms with Crippen molar-refractivity contribution in [1.29, 1.82) is 0 Å². The summed E-state index contributed by atoms with van der Waals surface area (Å²) >= 11 is 0. The van der Waals surface area contributed by atoms with Crippen molar-refractivity contribution in [3.8, 4) is 5.75 Å². The number of nitrogen functional groups attached to an aromatic ring is 1. The molecule has 1 aromatic heterocycles. The fourth-order valence-electron chi connectivity index (χ4n) is 1.78. The van der Waals surface area contributed by atoms with Crippen molar-refractivity contribution in [2.75, 3.05) is 24.2 Å². The molecule has 0 spiro atoms. The van der Waals surface area contributed by atoms with Gasteiger partial charge in [0.25, 0.3) is 0 Å². The fourth-order valence-corrected chi connectivity index (χ4v) is 1.78. The maximum absolute atomic E-state index is 5.78. The van der Waals surface area contributed by atoms with E-state index in [-0.39, 0.29) is 5.60 Å². The fraction of sp³-hybridized carbons (Fsp3) is 0.500. The molecule has 1 aromatic rings. The van der Waals surface area contributed by atoms with Crippen LogP contribution in [0, 0.1) is 0 Å². The van der Waals surface area contributed by atoms with Gasteiger partial charge in [0, 0.05) is 7.05 Å². The van der Waals surface area contributed by atoms with Crippen molar-refractivity contribution >= 4 is 11.6 Å². The van der Waals surface area contributed by atoms with E-state index >= 15 is 0 Å². The quantitative estimate of drug-likeness (QED) is 0.674. The first-order valence-corrected chi connectivity index (χ1v) is 4.65. The Balaban J connectivity index is 2.45. The average Bonchev–Trinajstić information content (AvgIpc) is 2.05. The molecule has 14 heavy (non-hydrogen) atoms. The first-order chi connectivity index (χ1) is 6.48. The Labute approximate surface area is 83.7 Å². The summed E-state index contributed by atoms with van der Waals surface area (Å²) in [6.07, 6.45) is 0. The number of hydrogen-bond acceptors (Lipinski definition) is 4. The number of hydrogen-bond donors (Lipinski definition) is 1. The summed E-state index contributed by atoms with van der Waals surface area (Å²) in [5.41, 5.74) is 5.45. The Morgan fingerprint density at radius 3 is 2.93 bits per heavy atom. The van der Waals surface area contributed by atoms with Crippen LogP contribution in [0.15, 0.2) is 12.1 Å². The molecule has 2 rings (SSSR count). The van der Waals surface area contributed by atoms with Crippen LogP contribution in [-0.2, 0) is 0 Å². The summed E-state index contributed by atoms with van der Waals surface area (Å²) in [6.45, 7) is 4.93. The third kappa shape index (κ3) is 1.47. The molecule has 4 nitrogen and oxygen atoms in total. The lowest BCUT2D eigenvalue weighted by atomic mass is 10.1. The summed E-state index contributed by atoms with van der Waals surface area (Å²) < 4.78 is 5.78. The number of anilines is 2. The number of nitrogens with zero attached hydrogens (tertiary/aromatic N) is 2. The molecule has 76 valence electrons. The van der Waals surface area contributed by atoms with E-state index in [1.807, 2.05) is 13.1 Å². The minimum absolute atomic E-state index is 0.167. The summed E-state index contributed by atoms with van der Waals surface area (Å²) in [4.78, 5) is 6.30. The van der Waals surface area contributed by atoms with Gasteiger partial charge in [-0.3, -0.25) is 0 Å². The van der Waals surface area contributed by atoms with Crippen LogP contribution in [0.2, 0.25) is 0 Å². The van der Waals surface area contributed by atoms with Gasteiger partial charge in [0.2, 0.25) is 0 Å². The van der Waals surface area contributed by atoms with E-state index in [9.17, 15) is 0 Å². The normalized spacial score (nSPS) is 18.6. The summed E-state index contributed by atoms with van der Waals surface area (Å²) in [5.74, 6) is 2.15. The average molecular weight is 193 g/mol. The van der Waals surface area contributed by atoms with Crippen LogP contribution >= 0.6 is 0 Å². The van der Waals surface area contributed by atoms with Crippen LogP contribution < -0.4 is 15.4 Å². The number of pyridine rings is 1. The standard InChI is InChI=1S/C10H15N3O/c1-10(2)6-13(3)9-7(14-10)4-5-8(11)12-9/h4-5H,6H2,1-3H3,(H2,11,12). The molecular weight excluding hydrogens is 178 g/mol. The minimum Gasteiger partial charge on any atom is -0.482 e. The molecule has 0 unspecified atom stereocenters. The highest BCUT2D eigenvalue weighted by atomic mass is 16.5. The Bertz CT molecular complexity index is 362. The number of nitrogens with two attached hydrogens (primary N) is 1. The van der Waals surface area contributed by atoms with E-state index in [4.69, 9.17) is 10.5 Å². The van der Waals surface area contributed by atoms with E-state index in [1.165, 1.54) is 0 Å². The second kappa shape index (κ2) is 2.77. The number of likely N-dealkylation sites (N-methyl/N-ethyl adjacent to an activating group) is 1. The van der Waals surface area contributed by atoms with Crippen LogP contribution in [0.4, 0.5) is 11.6 Å². The summed E-state index contributed by atoms with van der Waals surface area (Å²) in [7, 11) is 2.00. The first-order valence-electron chi connectivity index (χ1n) is 4.65. The van der Waals surface area contributed by atoms with Gasteiger partial charge in [-0.05, 0) is 26.0 Å². The molecular formula is C10H15N3O. The van der Waals surface area contributed by atoms with Crippen molar-refractivity contribution in [1.82, 2.24) is 4.98 Å². The second-order valence-electron chi connectivity index (χ2n) is 4.28. The number of rotatable bonds is 0. The molecule has 1 aliphatic rings. The van der Waals surface area contributed by atoms with Gasteiger partial charge in [-0.25, -0.2) is 4.98 Å². The van der Waals surface area contributed by atoms with Crippen LogP contribution in [-0.4, -0.2) is 24.2 Å². The van der Waals surface area contributed by atoms with Gasteiger partial charge in [-0.1, -0.05) is 0 Å². The second-order valence-corrected chi connectivity index (χ2v) is 4.28. The highest BCUT2D eigenvalue weighted by molar-refractivity contribution is 5.57. The third-order valence-electron chi connectivity index (χ3n) is 2.23. The monoisotopic (exact) mass is 193 g/mol. The van der Waals surface area contributed by atoms with Crippen molar-refractivity contribution in [3.63, 3.8) is 0 Å². The molecule has 0 amide bonds. The number of ether oxygens (including phenoxy) is 1. The predicted molar refractivity (Wildman–Crippen MR) is 56.6 cm³/mol.